The Morgan fingerprint density at radius 2 is 2.04 bits per heavy atom. The molecule has 2 rings (SSSR count). The third kappa shape index (κ3) is 5.35. The van der Waals surface area contributed by atoms with E-state index in [1.165, 1.54) is 18.6 Å². The number of unbranched alkanes of at least 4 members (excludes halogenated alkanes) is 1. The van der Waals surface area contributed by atoms with Gasteiger partial charge in [0.15, 0.2) is 5.76 Å². The third-order valence-corrected chi connectivity index (χ3v) is 4.13. The van der Waals surface area contributed by atoms with Crippen LogP contribution in [0.5, 0.6) is 0 Å². The van der Waals surface area contributed by atoms with E-state index in [1.807, 2.05) is 0 Å². The number of rotatable bonds is 7. The van der Waals surface area contributed by atoms with Gasteiger partial charge in [0, 0.05) is 19.6 Å². The maximum absolute atomic E-state index is 11.8. The molecular formula is C16H25N3O4. The lowest BCUT2D eigenvalue weighted by Gasteiger charge is -2.34. The molecule has 2 heterocycles. The maximum Gasteiger partial charge on any atom is 0.433 e. The summed E-state index contributed by atoms with van der Waals surface area (Å²) in [6.45, 7) is 8.51. The van der Waals surface area contributed by atoms with Crippen LogP contribution in [0.2, 0.25) is 0 Å². The predicted octanol–water partition coefficient (Wildman–Crippen LogP) is 2.68. The average molecular weight is 323 g/mol. The molecule has 1 aliphatic heterocycles. The van der Waals surface area contributed by atoms with Crippen LogP contribution in [0, 0.1) is 22.0 Å². The number of hydrogen-bond donors (Lipinski definition) is 1. The molecule has 1 aliphatic rings. The van der Waals surface area contributed by atoms with Crippen LogP contribution in [0.15, 0.2) is 16.5 Å². The van der Waals surface area contributed by atoms with E-state index in [1.54, 1.807) is 0 Å². The van der Waals surface area contributed by atoms with Crippen molar-refractivity contribution in [1.82, 2.24) is 10.2 Å². The van der Waals surface area contributed by atoms with Crippen molar-refractivity contribution in [2.45, 2.75) is 33.1 Å². The molecule has 1 fully saturated rings. The van der Waals surface area contributed by atoms with E-state index < -0.39 is 16.7 Å². The van der Waals surface area contributed by atoms with Crippen molar-refractivity contribution in [1.29, 1.82) is 0 Å². The van der Waals surface area contributed by atoms with Crippen LogP contribution in [0.25, 0.3) is 0 Å². The highest BCUT2D eigenvalue weighted by molar-refractivity contribution is 5.91. The molecule has 0 spiro atoms. The van der Waals surface area contributed by atoms with E-state index in [0.717, 1.165) is 44.3 Å². The minimum Gasteiger partial charge on any atom is -0.395 e. The van der Waals surface area contributed by atoms with Gasteiger partial charge in [-0.3, -0.25) is 14.9 Å². The zero-order chi connectivity index (χ0) is 16.8. The number of nitrogens with one attached hydrogen (secondary N) is 1. The van der Waals surface area contributed by atoms with Crippen molar-refractivity contribution in [3.8, 4) is 0 Å². The Labute approximate surface area is 136 Å². The Hall–Kier alpha value is -1.89. The first-order valence-corrected chi connectivity index (χ1v) is 8.20. The Morgan fingerprint density at radius 3 is 2.65 bits per heavy atom. The van der Waals surface area contributed by atoms with Crippen LogP contribution in [0.4, 0.5) is 5.88 Å². The van der Waals surface area contributed by atoms with Crippen molar-refractivity contribution in [3.05, 3.63) is 28.0 Å². The Bertz CT molecular complexity index is 533. The largest absolute Gasteiger partial charge is 0.433 e. The lowest BCUT2D eigenvalue weighted by molar-refractivity contribution is -0.402. The van der Waals surface area contributed by atoms with Crippen molar-refractivity contribution in [3.63, 3.8) is 0 Å². The van der Waals surface area contributed by atoms with E-state index in [9.17, 15) is 14.9 Å². The molecule has 0 unspecified atom stereocenters. The third-order valence-electron chi connectivity index (χ3n) is 4.13. The standard InChI is InChI=1S/C16H25N3O4/c1-12-9-13(2)11-18(10-12)8-4-3-7-17-16(20)14-5-6-15(23-14)19(21)22/h5-6,12-13H,3-4,7-11H2,1-2H3,(H,17,20)/t12-,13-/m0/s1. The van der Waals surface area contributed by atoms with Crippen LogP contribution in [0.1, 0.15) is 43.7 Å². The summed E-state index contributed by atoms with van der Waals surface area (Å²) in [5.74, 6) is 0.679. The van der Waals surface area contributed by atoms with Crippen molar-refractivity contribution in [2.24, 2.45) is 11.8 Å². The smallest absolute Gasteiger partial charge is 0.395 e. The van der Waals surface area contributed by atoms with Gasteiger partial charge in [-0.2, -0.15) is 0 Å². The summed E-state index contributed by atoms with van der Waals surface area (Å²) in [6, 6.07) is 2.51. The zero-order valence-corrected chi connectivity index (χ0v) is 13.8. The fourth-order valence-electron chi connectivity index (χ4n) is 3.27. The molecule has 1 aromatic heterocycles. The number of carbonyl (C=O) groups excluding carboxylic acids is 1. The highest BCUT2D eigenvalue weighted by Gasteiger charge is 2.21. The monoisotopic (exact) mass is 323 g/mol. The molecule has 23 heavy (non-hydrogen) atoms. The summed E-state index contributed by atoms with van der Waals surface area (Å²) in [5, 5.41) is 13.2. The van der Waals surface area contributed by atoms with Gasteiger partial charge in [-0.25, -0.2) is 0 Å². The van der Waals surface area contributed by atoms with Crippen LogP contribution in [-0.2, 0) is 0 Å². The van der Waals surface area contributed by atoms with E-state index in [2.05, 4.69) is 24.1 Å². The topological polar surface area (TPSA) is 88.6 Å². The predicted molar refractivity (Wildman–Crippen MR) is 86.3 cm³/mol. The SMILES string of the molecule is C[C@H]1C[C@H](C)CN(CCCCNC(=O)c2ccc([N+](=O)[O-])o2)C1. The highest BCUT2D eigenvalue weighted by atomic mass is 16.6. The molecule has 7 heteroatoms. The lowest BCUT2D eigenvalue weighted by Crippen LogP contribution is -2.39. The van der Waals surface area contributed by atoms with Crippen molar-refractivity contribution < 1.29 is 14.1 Å². The van der Waals surface area contributed by atoms with E-state index in [-0.39, 0.29) is 5.76 Å². The van der Waals surface area contributed by atoms with Crippen LogP contribution in [0.3, 0.4) is 0 Å². The molecule has 7 nitrogen and oxygen atoms in total. The first-order valence-electron chi connectivity index (χ1n) is 8.20. The van der Waals surface area contributed by atoms with Gasteiger partial charge >= 0.3 is 5.88 Å². The number of furan rings is 1. The van der Waals surface area contributed by atoms with E-state index >= 15 is 0 Å². The number of nitrogens with zero attached hydrogens (tertiary/aromatic N) is 2. The molecule has 1 amide bonds. The first-order chi connectivity index (χ1) is 11.0. The number of nitro groups is 1. The van der Waals surface area contributed by atoms with Gasteiger partial charge in [-0.15, -0.1) is 0 Å². The minimum atomic E-state index is -0.655. The normalized spacial score (nSPS) is 22.0. The molecule has 128 valence electrons. The second-order valence-corrected chi connectivity index (χ2v) is 6.56. The minimum absolute atomic E-state index is 0.0182. The van der Waals surface area contributed by atoms with Gasteiger partial charge in [0.1, 0.15) is 4.92 Å². The first kappa shape index (κ1) is 17.5. The molecule has 1 saturated heterocycles. The fourth-order valence-corrected chi connectivity index (χ4v) is 3.27. The maximum atomic E-state index is 11.8. The molecule has 2 atom stereocenters. The second kappa shape index (κ2) is 8.10. The molecule has 0 saturated carbocycles. The van der Waals surface area contributed by atoms with Gasteiger partial charge in [-0.05, 0) is 43.7 Å². The number of piperidine rings is 1. The molecule has 0 radical (unpaired) electrons. The van der Waals surface area contributed by atoms with Crippen molar-refractivity contribution in [2.75, 3.05) is 26.2 Å². The molecule has 1 N–H and O–H groups in total. The molecule has 0 bridgehead atoms. The molecule has 0 aromatic carbocycles. The summed E-state index contributed by atoms with van der Waals surface area (Å²) in [4.78, 5) is 24.1. The van der Waals surface area contributed by atoms with E-state index in [0.29, 0.717) is 6.54 Å². The van der Waals surface area contributed by atoms with Gasteiger partial charge in [0.05, 0.1) is 6.07 Å². The number of likely N-dealkylation sites (tertiary alicyclic amines) is 1. The Kier molecular flexibility index (Phi) is 6.15. The highest BCUT2D eigenvalue weighted by Crippen LogP contribution is 2.21. The summed E-state index contributed by atoms with van der Waals surface area (Å²) in [7, 11) is 0. The summed E-state index contributed by atoms with van der Waals surface area (Å²) in [5.41, 5.74) is 0. The molecular weight excluding hydrogens is 298 g/mol. The van der Waals surface area contributed by atoms with Crippen molar-refractivity contribution >= 4 is 11.8 Å². The van der Waals surface area contributed by atoms with Gasteiger partial charge in [0.25, 0.3) is 5.91 Å². The Balaban J connectivity index is 1.63. The fraction of sp³-hybridized carbons (Fsp3) is 0.688. The Morgan fingerprint density at radius 1 is 1.35 bits per heavy atom. The van der Waals surface area contributed by atoms with Gasteiger partial charge in [-0.1, -0.05) is 13.8 Å². The van der Waals surface area contributed by atoms with Crippen LogP contribution in [-0.4, -0.2) is 41.9 Å². The molecule has 1 aromatic rings. The summed E-state index contributed by atoms with van der Waals surface area (Å²) < 4.78 is 4.86. The van der Waals surface area contributed by atoms with E-state index in [4.69, 9.17) is 4.42 Å². The number of carbonyl (C=O) groups is 1. The second-order valence-electron chi connectivity index (χ2n) is 6.56. The number of hydrogen-bond acceptors (Lipinski definition) is 5. The molecule has 0 aliphatic carbocycles. The quantitative estimate of drug-likeness (QED) is 0.473. The van der Waals surface area contributed by atoms with Gasteiger partial charge < -0.3 is 14.6 Å². The summed E-state index contributed by atoms with van der Waals surface area (Å²) >= 11 is 0. The summed E-state index contributed by atoms with van der Waals surface area (Å²) in [6.07, 6.45) is 3.22. The lowest BCUT2D eigenvalue weighted by atomic mass is 9.92. The number of amides is 1. The van der Waals surface area contributed by atoms with Crippen LogP contribution >= 0.6 is 0 Å². The van der Waals surface area contributed by atoms with Crippen LogP contribution < -0.4 is 5.32 Å². The van der Waals surface area contributed by atoms with Gasteiger partial charge in [0.2, 0.25) is 0 Å². The average Bonchev–Trinajstić information content (AvgIpc) is 2.95. The zero-order valence-electron chi connectivity index (χ0n) is 13.8.